The molecule has 0 heterocycles. The van der Waals surface area contributed by atoms with E-state index in [-0.39, 0.29) is 9.52 Å². The maximum absolute atomic E-state index is 8.18. The van der Waals surface area contributed by atoms with Crippen molar-refractivity contribution in [3.05, 3.63) is 152 Å². The fourth-order valence-corrected chi connectivity index (χ4v) is 11.1. The molecule has 218 valence electrons. The summed E-state index contributed by atoms with van der Waals surface area (Å²) in [7, 11) is 0.190. The Morgan fingerprint density at radius 2 is 0.860 bits per heavy atom. The minimum Gasteiger partial charge on any atom is -0.114 e. The second kappa shape index (κ2) is 10.9. The van der Waals surface area contributed by atoms with Gasteiger partial charge in [-0.15, -0.1) is 23.2 Å². The summed E-state index contributed by atoms with van der Waals surface area (Å²) >= 11 is 16.4. The second-order valence-corrected chi connectivity index (χ2v) is 16.4. The molecule has 2 radical (unpaired) electrons. The first kappa shape index (κ1) is 30.2. The monoisotopic (exact) mass is 618 g/mol. The van der Waals surface area contributed by atoms with Crippen molar-refractivity contribution in [3.63, 3.8) is 0 Å². The van der Waals surface area contributed by atoms with Gasteiger partial charge in [-0.2, -0.15) is 0 Å². The van der Waals surface area contributed by atoms with Gasteiger partial charge in [-0.05, 0) is 117 Å². The Kier molecular flexibility index (Phi) is 7.69. The van der Waals surface area contributed by atoms with E-state index in [1.165, 1.54) is 77.9 Å². The summed E-state index contributed by atoms with van der Waals surface area (Å²) in [5.41, 5.74) is 17.6. The van der Waals surface area contributed by atoms with Crippen molar-refractivity contribution in [2.45, 2.75) is 76.2 Å². The predicted molar refractivity (Wildman–Crippen MR) is 188 cm³/mol. The minimum absolute atomic E-state index is 0.190. The van der Waals surface area contributed by atoms with Crippen LogP contribution in [-0.4, -0.2) is 9.52 Å². The standard InChI is InChI=1S/C40H40Cl2Si/c1-23(2)31-21-19-25(5)37-35(31)33(29-15-11-9-12-16-29)27(7)39(37,41)43-40(42)28(8)34(30-17-13-10-14-18-30)36-32(24(3)4)22-20-26(6)38(36)40/h9-24H,1-8H3. The highest BCUT2D eigenvalue weighted by Crippen LogP contribution is 2.60. The van der Waals surface area contributed by atoms with Gasteiger partial charge in [0.1, 0.15) is 9.52 Å². The summed E-state index contributed by atoms with van der Waals surface area (Å²) in [5, 5.41) is 0. The van der Waals surface area contributed by atoms with Crippen molar-refractivity contribution in [2.24, 2.45) is 0 Å². The van der Waals surface area contributed by atoms with Gasteiger partial charge in [0.25, 0.3) is 0 Å². The van der Waals surface area contributed by atoms with Crippen LogP contribution in [0.5, 0.6) is 0 Å². The molecule has 3 heteroatoms. The quantitative estimate of drug-likeness (QED) is 0.149. The van der Waals surface area contributed by atoms with E-state index >= 15 is 0 Å². The van der Waals surface area contributed by atoms with E-state index in [0.717, 1.165) is 0 Å². The van der Waals surface area contributed by atoms with Crippen LogP contribution in [0.2, 0.25) is 0 Å². The molecule has 0 nitrogen and oxygen atoms in total. The molecule has 2 aliphatic carbocycles. The third kappa shape index (κ3) is 4.54. The molecule has 2 aliphatic rings. The number of halogens is 2. The summed E-state index contributed by atoms with van der Waals surface area (Å²) in [5.74, 6) is 0.727. The molecule has 0 aromatic heterocycles. The first-order valence-electron chi connectivity index (χ1n) is 15.4. The number of fused-ring (bicyclic) bond motifs is 2. The second-order valence-electron chi connectivity index (χ2n) is 12.9. The van der Waals surface area contributed by atoms with Gasteiger partial charge in [-0.3, -0.25) is 0 Å². The van der Waals surface area contributed by atoms with Gasteiger partial charge < -0.3 is 0 Å². The molecule has 0 amide bonds. The number of aryl methyl sites for hydroxylation is 2. The normalized spacial score (nSPS) is 21.3. The van der Waals surface area contributed by atoms with Crippen LogP contribution in [0.3, 0.4) is 0 Å². The van der Waals surface area contributed by atoms with Crippen LogP contribution in [-0.2, 0) is 8.99 Å². The molecular formula is C40H40Cl2Si. The fourth-order valence-electron chi connectivity index (χ4n) is 7.41. The van der Waals surface area contributed by atoms with Gasteiger partial charge in [0.05, 0.1) is 8.99 Å². The molecule has 2 unspecified atom stereocenters. The molecule has 2 atom stereocenters. The predicted octanol–water partition coefficient (Wildman–Crippen LogP) is 11.4. The molecule has 43 heavy (non-hydrogen) atoms. The van der Waals surface area contributed by atoms with Crippen LogP contribution in [0.25, 0.3) is 11.1 Å². The van der Waals surface area contributed by atoms with Gasteiger partial charge in [-0.25, -0.2) is 0 Å². The number of hydrogen-bond donors (Lipinski definition) is 0. The summed E-state index contributed by atoms with van der Waals surface area (Å²) in [6, 6.07) is 30.7. The van der Waals surface area contributed by atoms with Crippen LogP contribution in [0.1, 0.15) is 109 Å². The zero-order valence-corrected chi connectivity index (χ0v) is 29.0. The van der Waals surface area contributed by atoms with Crippen LogP contribution in [0, 0.1) is 13.8 Å². The van der Waals surface area contributed by atoms with E-state index < -0.39 is 8.99 Å². The molecule has 0 N–H and O–H groups in total. The van der Waals surface area contributed by atoms with E-state index in [0.29, 0.717) is 11.8 Å². The smallest absolute Gasteiger partial charge is 0.114 e. The first-order chi connectivity index (χ1) is 20.4. The molecule has 0 saturated heterocycles. The maximum Gasteiger partial charge on any atom is 0.118 e. The number of rotatable bonds is 6. The number of hydrogen-bond acceptors (Lipinski definition) is 0. The lowest BCUT2D eigenvalue weighted by molar-refractivity contribution is 0.849. The lowest BCUT2D eigenvalue weighted by Gasteiger charge is -2.36. The number of allylic oxidation sites excluding steroid dienone is 2. The Morgan fingerprint density at radius 3 is 1.19 bits per heavy atom. The molecule has 0 saturated carbocycles. The molecular weight excluding hydrogens is 579 g/mol. The molecule has 4 aromatic carbocycles. The van der Waals surface area contributed by atoms with E-state index in [1.807, 2.05) is 0 Å². The maximum atomic E-state index is 8.18. The van der Waals surface area contributed by atoms with Crippen molar-refractivity contribution < 1.29 is 0 Å². The van der Waals surface area contributed by atoms with Crippen LogP contribution < -0.4 is 0 Å². The summed E-state index contributed by atoms with van der Waals surface area (Å²) in [4.78, 5) is 0. The fraction of sp³-hybridized carbons (Fsp3) is 0.300. The van der Waals surface area contributed by atoms with Crippen molar-refractivity contribution in [2.75, 3.05) is 0 Å². The van der Waals surface area contributed by atoms with E-state index in [9.17, 15) is 0 Å². The minimum atomic E-state index is -0.748. The highest BCUT2D eigenvalue weighted by molar-refractivity contribution is 6.70. The molecule has 0 bridgehead atoms. The molecule has 0 spiro atoms. The summed E-state index contributed by atoms with van der Waals surface area (Å²) in [6.45, 7) is 18.1. The first-order valence-corrected chi connectivity index (χ1v) is 17.2. The van der Waals surface area contributed by atoms with Gasteiger partial charge >= 0.3 is 0 Å². The van der Waals surface area contributed by atoms with Crippen LogP contribution >= 0.6 is 23.2 Å². The van der Waals surface area contributed by atoms with Gasteiger partial charge in [0.15, 0.2) is 0 Å². The average molecular weight is 620 g/mol. The number of alkyl halides is 2. The lowest BCUT2D eigenvalue weighted by atomic mass is 9.87. The average Bonchev–Trinajstić information content (AvgIpc) is 3.34. The SMILES string of the molecule is CC1=C(c2ccccc2)c2c(C(C)C)ccc(C)c2C1(Cl)[Si]C1(Cl)C(C)=C(c2ccccc2)c2c(C(C)C)ccc(C)c21. The Morgan fingerprint density at radius 1 is 0.512 bits per heavy atom. The van der Waals surface area contributed by atoms with E-state index in [4.69, 9.17) is 23.2 Å². The Labute approximate surface area is 270 Å². The summed E-state index contributed by atoms with van der Waals surface area (Å²) in [6.07, 6.45) is 0. The lowest BCUT2D eigenvalue weighted by Crippen LogP contribution is -2.41. The van der Waals surface area contributed by atoms with Crippen molar-refractivity contribution in [1.82, 2.24) is 0 Å². The van der Waals surface area contributed by atoms with Crippen molar-refractivity contribution in [1.29, 1.82) is 0 Å². The molecule has 0 aliphatic heterocycles. The molecule has 4 aromatic rings. The highest BCUT2D eigenvalue weighted by Gasteiger charge is 2.54. The van der Waals surface area contributed by atoms with E-state index in [1.54, 1.807) is 0 Å². The zero-order chi connectivity index (χ0) is 30.8. The highest BCUT2D eigenvalue weighted by atomic mass is 35.5. The molecule has 6 rings (SSSR count). The summed E-state index contributed by atoms with van der Waals surface area (Å²) < 4.78 is -1.50. The van der Waals surface area contributed by atoms with Crippen molar-refractivity contribution >= 4 is 43.9 Å². The zero-order valence-electron chi connectivity index (χ0n) is 26.5. The Bertz CT molecular complexity index is 1660. The topological polar surface area (TPSA) is 0 Å². The molecule has 0 fully saturated rings. The van der Waals surface area contributed by atoms with E-state index in [2.05, 4.69) is 140 Å². The third-order valence-corrected chi connectivity index (χ3v) is 13.0. The third-order valence-electron chi connectivity index (χ3n) is 9.58. The van der Waals surface area contributed by atoms with Gasteiger partial charge in [0.2, 0.25) is 0 Å². The van der Waals surface area contributed by atoms with Gasteiger partial charge in [0, 0.05) is 0 Å². The van der Waals surface area contributed by atoms with Gasteiger partial charge in [-0.1, -0.05) is 113 Å². The number of benzene rings is 4. The van der Waals surface area contributed by atoms with Crippen LogP contribution in [0.15, 0.2) is 96.1 Å². The Balaban J connectivity index is 1.67. The van der Waals surface area contributed by atoms with Crippen LogP contribution in [0.4, 0.5) is 0 Å². The largest absolute Gasteiger partial charge is 0.118 e. The Hall–Kier alpha value is -2.84. The van der Waals surface area contributed by atoms with Crippen molar-refractivity contribution in [3.8, 4) is 0 Å².